The number of imidazole rings is 1. The van der Waals surface area contributed by atoms with Crippen molar-refractivity contribution in [3.05, 3.63) is 47.5 Å². The van der Waals surface area contributed by atoms with Crippen LogP contribution in [-0.4, -0.2) is 83.3 Å². The molecule has 2 aromatic heterocycles. The van der Waals surface area contributed by atoms with Crippen LogP contribution >= 0.6 is 11.6 Å². The van der Waals surface area contributed by atoms with Gasteiger partial charge in [0.2, 0.25) is 16.0 Å². The van der Waals surface area contributed by atoms with Crippen LogP contribution in [0.4, 0.5) is 24.8 Å². The summed E-state index contributed by atoms with van der Waals surface area (Å²) in [4.78, 5) is 14.5. The summed E-state index contributed by atoms with van der Waals surface area (Å²) in [5, 5.41) is 6.89. The van der Waals surface area contributed by atoms with Crippen LogP contribution in [0.3, 0.4) is 0 Å². The Morgan fingerprint density at radius 3 is 2.55 bits per heavy atom. The Morgan fingerprint density at radius 1 is 1.15 bits per heavy atom. The summed E-state index contributed by atoms with van der Waals surface area (Å²) in [5.41, 5.74) is 0.187. The highest BCUT2D eigenvalue weighted by Gasteiger charge is 2.36. The van der Waals surface area contributed by atoms with Crippen LogP contribution in [0, 0.1) is 0 Å². The zero-order chi connectivity index (χ0) is 28.7. The molecule has 0 spiro atoms. The number of anilines is 2. The van der Waals surface area contributed by atoms with Crippen LogP contribution in [0.1, 0.15) is 25.3 Å². The van der Waals surface area contributed by atoms with Crippen molar-refractivity contribution in [2.45, 2.75) is 38.0 Å². The van der Waals surface area contributed by atoms with E-state index in [-0.39, 0.29) is 23.4 Å². The van der Waals surface area contributed by atoms with Gasteiger partial charge in [-0.15, -0.1) is 0 Å². The van der Waals surface area contributed by atoms with Gasteiger partial charge in [-0.25, -0.2) is 27.7 Å². The van der Waals surface area contributed by atoms with Gasteiger partial charge in [-0.2, -0.15) is 13.2 Å². The monoisotopic (exact) mass is 598 g/mol. The summed E-state index contributed by atoms with van der Waals surface area (Å²) in [7, 11) is -3.30. The summed E-state index contributed by atoms with van der Waals surface area (Å²) in [6.07, 6.45) is 1.01. The molecule has 0 bridgehead atoms. The minimum absolute atomic E-state index is 0.0146. The van der Waals surface area contributed by atoms with Crippen molar-refractivity contribution >= 4 is 33.3 Å². The number of rotatable bonds is 6. The van der Waals surface area contributed by atoms with Crippen LogP contribution in [0.2, 0.25) is 5.02 Å². The molecule has 4 heterocycles. The largest absolute Gasteiger partial charge is 0.420 e. The number of halogens is 4. The molecule has 216 valence electrons. The summed E-state index contributed by atoms with van der Waals surface area (Å²) in [6, 6.07) is 5.75. The van der Waals surface area contributed by atoms with Crippen molar-refractivity contribution in [3.8, 4) is 17.1 Å². The average molecular weight is 599 g/mol. The smallest absolute Gasteiger partial charge is 0.369 e. The normalized spacial score (nSPS) is 19.6. The zero-order valence-electron chi connectivity index (χ0n) is 22.0. The van der Waals surface area contributed by atoms with Crippen LogP contribution in [0.15, 0.2) is 36.9 Å². The van der Waals surface area contributed by atoms with E-state index in [0.29, 0.717) is 42.7 Å². The van der Waals surface area contributed by atoms with Gasteiger partial charge in [0, 0.05) is 62.9 Å². The lowest BCUT2D eigenvalue weighted by Crippen LogP contribution is -2.49. The Balaban J connectivity index is 1.38. The first-order valence-corrected chi connectivity index (χ1v) is 15.1. The fraction of sp³-hybridized carbons (Fsp3) is 0.480. The van der Waals surface area contributed by atoms with E-state index in [4.69, 9.17) is 11.6 Å². The van der Waals surface area contributed by atoms with Crippen molar-refractivity contribution in [3.63, 3.8) is 0 Å². The molecule has 40 heavy (non-hydrogen) atoms. The summed E-state index contributed by atoms with van der Waals surface area (Å²) < 4.78 is 68.2. The fourth-order valence-corrected chi connectivity index (χ4v) is 6.16. The quantitative estimate of drug-likeness (QED) is 0.443. The van der Waals surface area contributed by atoms with Crippen LogP contribution in [0.25, 0.3) is 17.1 Å². The maximum Gasteiger partial charge on any atom is 0.420 e. The van der Waals surface area contributed by atoms with Crippen molar-refractivity contribution in [1.82, 2.24) is 29.1 Å². The summed E-state index contributed by atoms with van der Waals surface area (Å²) in [6.45, 7) is 5.27. The maximum atomic E-state index is 13.9. The third-order valence-corrected chi connectivity index (χ3v) is 8.72. The van der Waals surface area contributed by atoms with Crippen molar-refractivity contribution < 1.29 is 21.6 Å². The number of hydrogen-bond acceptors (Lipinski definition) is 8. The van der Waals surface area contributed by atoms with Crippen molar-refractivity contribution in [2.24, 2.45) is 0 Å². The van der Waals surface area contributed by atoms with Crippen LogP contribution < -0.4 is 15.5 Å². The standard InChI is InChI=1S/C25H30ClF3N8O2S/c1-16-13-35(10-7-30-16)18-3-4-22(20(26)11-18)36-14-21(32-15-36)23-19(25(27,28)29)12-31-24(34-23)33-17-5-8-37(9-6-17)40(2,38)39/h3-4,11-12,14-17,30H,5-10,13H2,1-2H3,(H,31,33,34)/t16-/m0/s1. The van der Waals surface area contributed by atoms with Crippen molar-refractivity contribution in [1.29, 1.82) is 0 Å². The highest BCUT2D eigenvalue weighted by molar-refractivity contribution is 7.88. The Morgan fingerprint density at radius 2 is 1.90 bits per heavy atom. The average Bonchev–Trinajstić information content (AvgIpc) is 3.38. The molecule has 0 aliphatic carbocycles. The predicted octanol–water partition coefficient (Wildman–Crippen LogP) is 3.64. The Hall–Kier alpha value is -2.94. The minimum Gasteiger partial charge on any atom is -0.369 e. The lowest BCUT2D eigenvalue weighted by atomic mass is 10.1. The molecule has 1 atom stereocenters. The molecule has 2 aliphatic rings. The highest BCUT2D eigenvalue weighted by Crippen LogP contribution is 2.36. The molecule has 10 nitrogen and oxygen atoms in total. The van der Waals surface area contributed by atoms with Crippen LogP contribution in [-0.2, 0) is 16.2 Å². The topological polar surface area (TPSA) is 108 Å². The van der Waals surface area contributed by atoms with Gasteiger partial charge in [0.05, 0.1) is 17.0 Å². The van der Waals surface area contributed by atoms with E-state index < -0.39 is 21.8 Å². The third kappa shape index (κ3) is 6.35. The highest BCUT2D eigenvalue weighted by atomic mass is 35.5. The van der Waals surface area contributed by atoms with E-state index in [1.54, 1.807) is 4.57 Å². The van der Waals surface area contributed by atoms with Crippen molar-refractivity contribution in [2.75, 3.05) is 49.2 Å². The molecular formula is C25H30ClF3N8O2S. The number of piperazine rings is 1. The van der Waals surface area contributed by atoms with Gasteiger partial charge in [-0.3, -0.25) is 0 Å². The predicted molar refractivity (Wildman–Crippen MR) is 147 cm³/mol. The number of nitrogens with one attached hydrogen (secondary N) is 2. The van der Waals surface area contributed by atoms with Gasteiger partial charge in [-0.1, -0.05) is 11.6 Å². The number of hydrogen-bond donors (Lipinski definition) is 2. The molecule has 3 aromatic rings. The number of sulfonamides is 1. The number of alkyl halides is 3. The number of nitrogens with zero attached hydrogens (tertiary/aromatic N) is 6. The van der Waals surface area contributed by atoms with E-state index in [1.807, 2.05) is 18.2 Å². The zero-order valence-corrected chi connectivity index (χ0v) is 23.6. The molecule has 0 amide bonds. The van der Waals surface area contributed by atoms with Gasteiger partial charge in [0.15, 0.2) is 0 Å². The molecule has 5 rings (SSSR count). The fourth-order valence-electron chi connectivity index (χ4n) is 5.01. The molecule has 2 saturated heterocycles. The van der Waals surface area contributed by atoms with Gasteiger partial charge in [-0.05, 0) is 38.0 Å². The molecule has 1 aromatic carbocycles. The molecule has 0 radical (unpaired) electrons. The second kappa shape index (κ2) is 11.1. The van der Waals surface area contributed by atoms with E-state index >= 15 is 0 Å². The second-order valence-corrected chi connectivity index (χ2v) is 12.5. The summed E-state index contributed by atoms with van der Waals surface area (Å²) >= 11 is 6.60. The van der Waals surface area contributed by atoms with Crippen LogP contribution in [0.5, 0.6) is 0 Å². The maximum absolute atomic E-state index is 13.9. The molecular weight excluding hydrogens is 569 g/mol. The third-order valence-electron chi connectivity index (χ3n) is 7.12. The number of aromatic nitrogens is 4. The Labute approximate surface area is 235 Å². The van der Waals surface area contributed by atoms with Gasteiger partial charge in [0.25, 0.3) is 0 Å². The second-order valence-electron chi connectivity index (χ2n) is 10.1. The van der Waals surface area contributed by atoms with Gasteiger partial charge in [0.1, 0.15) is 23.3 Å². The SMILES string of the molecule is C[C@H]1CN(c2ccc(-n3cnc(-c4nc(NC5CCN(S(C)(=O)=O)CC5)ncc4C(F)(F)F)c3)c(Cl)c2)CCN1. The lowest BCUT2D eigenvalue weighted by Gasteiger charge is -2.33. The first kappa shape index (κ1) is 28.6. The van der Waals surface area contributed by atoms with E-state index in [1.165, 1.54) is 16.8 Å². The molecule has 0 saturated carbocycles. The molecule has 0 unspecified atom stereocenters. The Bertz CT molecular complexity index is 1470. The molecule has 2 aliphatic heterocycles. The van der Waals surface area contributed by atoms with Gasteiger partial charge < -0.3 is 20.1 Å². The minimum atomic E-state index is -4.70. The molecule has 15 heteroatoms. The Kier molecular flexibility index (Phi) is 7.97. The molecule has 2 N–H and O–H groups in total. The first-order valence-electron chi connectivity index (χ1n) is 12.9. The van der Waals surface area contributed by atoms with Gasteiger partial charge >= 0.3 is 6.18 Å². The van der Waals surface area contributed by atoms with E-state index in [9.17, 15) is 21.6 Å². The summed E-state index contributed by atoms with van der Waals surface area (Å²) in [5.74, 6) is 0.0167. The number of piperidine rings is 1. The first-order chi connectivity index (χ1) is 18.9. The molecule has 2 fully saturated rings. The van der Waals surface area contributed by atoms with E-state index in [2.05, 4.69) is 37.4 Å². The van der Waals surface area contributed by atoms with E-state index in [0.717, 1.165) is 37.8 Å². The lowest BCUT2D eigenvalue weighted by molar-refractivity contribution is -0.137. The number of benzene rings is 1.